The van der Waals surface area contributed by atoms with E-state index in [0.29, 0.717) is 0 Å². The Balaban J connectivity index is 0. The number of rotatable bonds is 1. The van der Waals surface area contributed by atoms with Crippen molar-refractivity contribution >= 4 is 12.4 Å². The molecule has 1 N–H and O–H groups in total. The van der Waals surface area contributed by atoms with Crippen LogP contribution in [0.2, 0.25) is 0 Å². The first-order valence-electron chi connectivity index (χ1n) is 7.54. The summed E-state index contributed by atoms with van der Waals surface area (Å²) >= 11 is 0. The molecular formula is C19H31FeO2P. The van der Waals surface area contributed by atoms with Gasteiger partial charge in [-0.2, -0.15) is 30.3 Å². The summed E-state index contributed by atoms with van der Waals surface area (Å²) in [5.41, 5.74) is 0. The van der Waals surface area contributed by atoms with E-state index in [2.05, 4.69) is 41.5 Å². The zero-order valence-corrected chi connectivity index (χ0v) is 17.4. The van der Waals surface area contributed by atoms with Gasteiger partial charge in [-0.1, -0.05) is 41.5 Å². The topological polar surface area (TPSA) is 37.3 Å². The molecule has 0 bridgehead atoms. The maximum Gasteiger partial charge on any atom is 2.00 e. The second-order valence-corrected chi connectivity index (χ2v) is 11.5. The van der Waals surface area contributed by atoms with Crippen LogP contribution in [0.1, 0.15) is 41.5 Å². The van der Waals surface area contributed by atoms with E-state index in [4.69, 9.17) is 5.11 Å². The molecule has 132 valence electrons. The summed E-state index contributed by atoms with van der Waals surface area (Å²) in [5, 5.41) is 7.65. The summed E-state index contributed by atoms with van der Waals surface area (Å²) in [6.07, 6.45) is 0. The van der Waals surface area contributed by atoms with Crippen molar-refractivity contribution in [2.75, 3.05) is 7.11 Å². The average molecular weight is 378 g/mol. The molecule has 0 aliphatic rings. The molecule has 0 aliphatic carbocycles. The Labute approximate surface area is 152 Å². The van der Waals surface area contributed by atoms with Gasteiger partial charge >= 0.3 is 17.1 Å². The third-order valence-corrected chi connectivity index (χ3v) is 8.26. The molecule has 0 heterocycles. The third-order valence-electron chi connectivity index (χ3n) is 3.45. The number of aliphatic hydroxyl groups is 1. The molecule has 0 unspecified atom stereocenters. The van der Waals surface area contributed by atoms with Gasteiger partial charge in [0.1, 0.15) is 7.14 Å². The fraction of sp³-hybridized carbons (Fsp3) is 0.474. The van der Waals surface area contributed by atoms with Gasteiger partial charge in [0.2, 0.25) is 0 Å². The van der Waals surface area contributed by atoms with Crippen molar-refractivity contribution in [1.82, 2.24) is 0 Å². The Bertz CT molecular complexity index is 494. The van der Waals surface area contributed by atoms with Crippen molar-refractivity contribution in [2.24, 2.45) is 0 Å². The number of hydrogen-bond acceptors (Lipinski definition) is 2. The minimum Gasteiger partial charge on any atom is -0.400 e. The van der Waals surface area contributed by atoms with E-state index >= 15 is 0 Å². The van der Waals surface area contributed by atoms with E-state index in [1.165, 1.54) is 0 Å². The first-order valence-corrected chi connectivity index (χ1v) is 9.25. The standard InChI is InChI=1S/C13H22OP.C5H5.CH4O.Fe/c1-12(2,3)15(14,13(4,5)6)11-9-7-8-10-11;1-2-4-5-3-1;1-2;/h7-10H,1-6H3;1-5H;2H,1H3;/q2*-1;;+2. The van der Waals surface area contributed by atoms with Crippen molar-refractivity contribution in [3.05, 3.63) is 54.6 Å². The maximum atomic E-state index is 13.3. The molecule has 0 fully saturated rings. The fourth-order valence-electron chi connectivity index (χ4n) is 2.68. The van der Waals surface area contributed by atoms with Crippen LogP contribution < -0.4 is 5.30 Å². The zero-order chi connectivity index (χ0) is 17.4. The number of aliphatic hydroxyl groups excluding tert-OH is 1. The monoisotopic (exact) mass is 378 g/mol. The van der Waals surface area contributed by atoms with Gasteiger partial charge in [0, 0.05) is 17.4 Å². The van der Waals surface area contributed by atoms with Gasteiger partial charge in [0.25, 0.3) is 0 Å². The molecule has 0 aliphatic heterocycles. The molecule has 23 heavy (non-hydrogen) atoms. The normalized spacial score (nSPS) is 11.3. The quantitative estimate of drug-likeness (QED) is 0.431. The van der Waals surface area contributed by atoms with Gasteiger partial charge in [-0.25, -0.2) is 24.3 Å². The van der Waals surface area contributed by atoms with Gasteiger partial charge in [-0.05, 0) is 0 Å². The minimum absolute atomic E-state index is 0. The Morgan fingerprint density at radius 1 is 0.870 bits per heavy atom. The number of hydrogen-bond donors (Lipinski definition) is 1. The summed E-state index contributed by atoms with van der Waals surface area (Å²) in [5.74, 6) is 0. The van der Waals surface area contributed by atoms with Gasteiger partial charge < -0.3 is 9.67 Å². The summed E-state index contributed by atoms with van der Waals surface area (Å²) in [7, 11) is -1.39. The predicted molar refractivity (Wildman–Crippen MR) is 99.0 cm³/mol. The molecule has 4 heteroatoms. The first-order chi connectivity index (χ1) is 10.1. The van der Waals surface area contributed by atoms with Gasteiger partial charge in [0.15, 0.2) is 0 Å². The SMILES string of the molecule is CC(C)(C)P(=O)(c1ccc[cH-]1)C(C)(C)C.CO.[Fe+2].c1cc[cH-]c1. The Hall–Kier alpha value is -0.591. The van der Waals surface area contributed by atoms with Gasteiger partial charge in [-0.3, -0.25) is 0 Å². The van der Waals surface area contributed by atoms with Crippen molar-refractivity contribution in [3.63, 3.8) is 0 Å². The predicted octanol–water partition coefficient (Wildman–Crippen LogP) is 5.00. The maximum absolute atomic E-state index is 13.3. The Kier molecular flexibility index (Phi) is 11.1. The van der Waals surface area contributed by atoms with Crippen LogP contribution in [0.4, 0.5) is 0 Å². The van der Waals surface area contributed by atoms with Crippen LogP contribution in [-0.4, -0.2) is 22.5 Å². The van der Waals surface area contributed by atoms with E-state index in [9.17, 15) is 4.57 Å². The summed E-state index contributed by atoms with van der Waals surface area (Å²) in [6, 6.07) is 17.9. The third kappa shape index (κ3) is 6.43. The van der Waals surface area contributed by atoms with Gasteiger partial charge in [-0.15, -0.1) is 5.30 Å². The molecule has 2 nitrogen and oxygen atoms in total. The summed E-state index contributed by atoms with van der Waals surface area (Å²) < 4.78 is 13.3. The van der Waals surface area contributed by atoms with Crippen LogP contribution in [-0.2, 0) is 21.6 Å². The molecule has 2 aromatic rings. The molecule has 0 spiro atoms. The van der Waals surface area contributed by atoms with Crippen molar-refractivity contribution in [3.8, 4) is 0 Å². The van der Waals surface area contributed by atoms with Crippen molar-refractivity contribution in [2.45, 2.75) is 51.9 Å². The second-order valence-electron chi connectivity index (χ2n) is 7.06. The smallest absolute Gasteiger partial charge is 0.400 e. The second kappa shape index (κ2) is 10.3. The van der Waals surface area contributed by atoms with Crippen LogP contribution in [0.5, 0.6) is 0 Å². The molecule has 0 amide bonds. The largest absolute Gasteiger partial charge is 2.00 e. The van der Waals surface area contributed by atoms with E-state index < -0.39 is 7.14 Å². The van der Waals surface area contributed by atoms with Gasteiger partial charge in [0.05, 0.1) is 0 Å². The van der Waals surface area contributed by atoms with Crippen LogP contribution >= 0.6 is 7.14 Å². The van der Waals surface area contributed by atoms with Crippen LogP contribution in [0, 0.1) is 0 Å². The molecule has 0 saturated heterocycles. The zero-order valence-electron chi connectivity index (χ0n) is 15.4. The van der Waals surface area contributed by atoms with Crippen LogP contribution in [0.25, 0.3) is 0 Å². The van der Waals surface area contributed by atoms with E-state index in [1.807, 2.05) is 54.6 Å². The average Bonchev–Trinajstić information content (AvgIpc) is 3.13. The van der Waals surface area contributed by atoms with Crippen LogP contribution in [0.15, 0.2) is 54.6 Å². The van der Waals surface area contributed by atoms with E-state index in [-0.39, 0.29) is 27.4 Å². The summed E-state index contributed by atoms with van der Waals surface area (Å²) in [6.45, 7) is 12.5. The van der Waals surface area contributed by atoms with Crippen molar-refractivity contribution < 1.29 is 26.7 Å². The summed E-state index contributed by atoms with van der Waals surface area (Å²) in [4.78, 5) is 0. The molecule has 2 rings (SSSR count). The van der Waals surface area contributed by atoms with Crippen LogP contribution in [0.3, 0.4) is 0 Å². The van der Waals surface area contributed by atoms with Crippen molar-refractivity contribution in [1.29, 1.82) is 0 Å². The molecule has 0 saturated carbocycles. The Morgan fingerprint density at radius 3 is 1.52 bits per heavy atom. The molecule has 2 aromatic carbocycles. The molecular weight excluding hydrogens is 347 g/mol. The van der Waals surface area contributed by atoms with E-state index in [0.717, 1.165) is 12.4 Å². The molecule has 0 atom stereocenters. The van der Waals surface area contributed by atoms with E-state index in [1.54, 1.807) is 0 Å². The molecule has 0 aromatic heterocycles. The Morgan fingerprint density at radius 2 is 1.30 bits per heavy atom. The molecule has 0 radical (unpaired) electrons. The minimum atomic E-state index is -2.39. The first kappa shape index (κ1) is 24.7. The fourth-order valence-corrected chi connectivity index (χ4v) is 6.83.